The molecule has 0 radical (unpaired) electrons. The van der Waals surface area contributed by atoms with Crippen molar-refractivity contribution in [3.8, 4) is 11.5 Å². The third kappa shape index (κ3) is 3.00. The van der Waals surface area contributed by atoms with Gasteiger partial charge in [-0.15, -0.1) is 0 Å². The summed E-state index contributed by atoms with van der Waals surface area (Å²) >= 11 is 0. The first-order valence-corrected chi connectivity index (χ1v) is 7.08. The van der Waals surface area contributed by atoms with Crippen LogP contribution in [0.1, 0.15) is 17.2 Å². The summed E-state index contributed by atoms with van der Waals surface area (Å²) in [6.45, 7) is 1.15. The molecule has 1 unspecified atom stereocenters. The highest BCUT2D eigenvalue weighted by Crippen LogP contribution is 2.37. The number of hydrogen-bond acceptors (Lipinski definition) is 3. The van der Waals surface area contributed by atoms with Crippen molar-refractivity contribution in [3.05, 3.63) is 59.4 Å². The smallest absolute Gasteiger partial charge is 0.166 e. The van der Waals surface area contributed by atoms with E-state index in [1.165, 1.54) is 12.1 Å². The molecule has 4 heteroatoms. The normalized spacial score (nSPS) is 14.8. The van der Waals surface area contributed by atoms with Crippen LogP contribution in [0.15, 0.2) is 42.5 Å². The van der Waals surface area contributed by atoms with Gasteiger partial charge in [-0.25, -0.2) is 4.39 Å². The number of nitrogens with one attached hydrogen (secondary N) is 1. The molecule has 3 rings (SSSR count). The molecule has 0 fully saturated rings. The molecule has 1 heterocycles. The lowest BCUT2D eigenvalue weighted by atomic mass is 9.97. The molecular weight excluding hydrogens is 269 g/mol. The van der Waals surface area contributed by atoms with Gasteiger partial charge in [-0.1, -0.05) is 24.3 Å². The van der Waals surface area contributed by atoms with E-state index in [1.807, 2.05) is 37.4 Å². The van der Waals surface area contributed by atoms with Gasteiger partial charge >= 0.3 is 0 Å². The van der Waals surface area contributed by atoms with Gasteiger partial charge in [-0.2, -0.15) is 0 Å². The minimum Gasteiger partial charge on any atom is -0.486 e. The molecule has 2 aromatic carbocycles. The van der Waals surface area contributed by atoms with Crippen molar-refractivity contribution in [1.29, 1.82) is 0 Å². The fraction of sp³-hybridized carbons (Fsp3) is 0.294. The lowest BCUT2D eigenvalue weighted by Crippen LogP contribution is -2.23. The van der Waals surface area contributed by atoms with Gasteiger partial charge in [-0.3, -0.25) is 0 Å². The van der Waals surface area contributed by atoms with Gasteiger partial charge in [0.25, 0.3) is 0 Å². The van der Waals surface area contributed by atoms with Gasteiger partial charge in [0.1, 0.15) is 19.0 Å². The lowest BCUT2D eigenvalue weighted by Gasteiger charge is -2.25. The summed E-state index contributed by atoms with van der Waals surface area (Å²) in [7, 11) is 1.91. The second-order valence-corrected chi connectivity index (χ2v) is 5.04. The zero-order valence-electron chi connectivity index (χ0n) is 11.9. The number of hydrogen-bond donors (Lipinski definition) is 1. The lowest BCUT2D eigenvalue weighted by molar-refractivity contribution is 0.168. The third-order valence-corrected chi connectivity index (χ3v) is 3.67. The Balaban J connectivity index is 1.88. The van der Waals surface area contributed by atoms with Crippen LogP contribution in [0.2, 0.25) is 0 Å². The van der Waals surface area contributed by atoms with Crippen LogP contribution in [-0.2, 0) is 6.42 Å². The Bertz CT molecular complexity index is 613. The molecule has 0 aromatic heterocycles. The van der Waals surface area contributed by atoms with Gasteiger partial charge in [0.2, 0.25) is 0 Å². The summed E-state index contributed by atoms with van der Waals surface area (Å²) in [4.78, 5) is 0. The minimum atomic E-state index is -0.214. The molecule has 110 valence electrons. The van der Waals surface area contributed by atoms with Crippen LogP contribution in [-0.4, -0.2) is 20.3 Å². The Morgan fingerprint density at radius 1 is 1.10 bits per heavy atom. The van der Waals surface area contributed by atoms with Crippen molar-refractivity contribution in [1.82, 2.24) is 5.32 Å². The maximum absolute atomic E-state index is 13.0. The highest BCUT2D eigenvalue weighted by molar-refractivity contribution is 5.49. The standard InChI is InChI=1S/C17H18FNO2/c1-19-15(11-12-5-7-13(18)8-6-12)14-3-2-4-16-17(14)21-10-9-20-16/h2-8,15,19H,9-11H2,1H3. The Labute approximate surface area is 123 Å². The van der Waals surface area contributed by atoms with Gasteiger partial charge < -0.3 is 14.8 Å². The number of ether oxygens (including phenoxy) is 2. The SMILES string of the molecule is CNC(Cc1ccc(F)cc1)c1cccc2c1OCCO2. The fourth-order valence-corrected chi connectivity index (χ4v) is 2.59. The Kier molecular flexibility index (Phi) is 4.06. The molecule has 0 bridgehead atoms. The van der Waals surface area contributed by atoms with Crippen molar-refractivity contribution in [2.24, 2.45) is 0 Å². The molecule has 1 N–H and O–H groups in total. The number of rotatable bonds is 4. The Hall–Kier alpha value is -2.07. The monoisotopic (exact) mass is 287 g/mol. The highest BCUT2D eigenvalue weighted by atomic mass is 19.1. The molecule has 0 spiro atoms. The van der Waals surface area contributed by atoms with Crippen LogP contribution in [0, 0.1) is 5.82 Å². The van der Waals surface area contributed by atoms with Crippen LogP contribution >= 0.6 is 0 Å². The second-order valence-electron chi connectivity index (χ2n) is 5.04. The van der Waals surface area contributed by atoms with E-state index in [0.29, 0.717) is 13.2 Å². The fourth-order valence-electron chi connectivity index (χ4n) is 2.59. The van der Waals surface area contributed by atoms with Crippen LogP contribution in [0.5, 0.6) is 11.5 Å². The van der Waals surface area contributed by atoms with E-state index in [4.69, 9.17) is 9.47 Å². The van der Waals surface area contributed by atoms with E-state index < -0.39 is 0 Å². The van der Waals surface area contributed by atoms with Crippen LogP contribution in [0.25, 0.3) is 0 Å². The van der Waals surface area contributed by atoms with Crippen LogP contribution in [0.3, 0.4) is 0 Å². The van der Waals surface area contributed by atoms with E-state index in [0.717, 1.165) is 29.0 Å². The van der Waals surface area contributed by atoms with Crippen molar-refractivity contribution >= 4 is 0 Å². The van der Waals surface area contributed by atoms with E-state index in [2.05, 4.69) is 5.32 Å². The van der Waals surface area contributed by atoms with Gasteiger partial charge in [-0.05, 0) is 37.2 Å². The minimum absolute atomic E-state index is 0.0899. The average Bonchev–Trinajstić information content (AvgIpc) is 2.54. The predicted octanol–water partition coefficient (Wildman–Crippen LogP) is 3.10. The molecule has 0 saturated heterocycles. The van der Waals surface area contributed by atoms with Crippen molar-refractivity contribution < 1.29 is 13.9 Å². The Morgan fingerprint density at radius 3 is 2.62 bits per heavy atom. The second kappa shape index (κ2) is 6.14. The number of para-hydroxylation sites is 1. The van der Waals surface area contributed by atoms with E-state index in [-0.39, 0.29) is 11.9 Å². The quantitative estimate of drug-likeness (QED) is 0.937. The largest absolute Gasteiger partial charge is 0.486 e. The molecule has 0 amide bonds. The van der Waals surface area contributed by atoms with Gasteiger partial charge in [0.05, 0.1) is 0 Å². The highest BCUT2D eigenvalue weighted by Gasteiger charge is 2.21. The third-order valence-electron chi connectivity index (χ3n) is 3.67. The number of benzene rings is 2. The zero-order chi connectivity index (χ0) is 14.7. The van der Waals surface area contributed by atoms with Crippen LogP contribution in [0.4, 0.5) is 4.39 Å². The summed E-state index contributed by atoms with van der Waals surface area (Å²) in [5.41, 5.74) is 2.14. The first-order chi connectivity index (χ1) is 10.3. The van der Waals surface area contributed by atoms with Crippen LogP contribution < -0.4 is 14.8 Å². The number of likely N-dealkylation sites (N-methyl/N-ethyl adjacent to an activating group) is 1. The molecule has 1 aliphatic rings. The molecule has 0 aliphatic carbocycles. The molecule has 1 atom stereocenters. The first kappa shape index (κ1) is 13.9. The number of halogens is 1. The summed E-state index contributed by atoms with van der Waals surface area (Å²) in [6, 6.07) is 12.6. The first-order valence-electron chi connectivity index (χ1n) is 7.08. The molecule has 21 heavy (non-hydrogen) atoms. The number of fused-ring (bicyclic) bond motifs is 1. The average molecular weight is 287 g/mol. The van der Waals surface area contributed by atoms with Crippen molar-refractivity contribution in [3.63, 3.8) is 0 Å². The summed E-state index contributed by atoms with van der Waals surface area (Å²) in [6.07, 6.45) is 0.761. The molecule has 1 aliphatic heterocycles. The summed E-state index contributed by atoms with van der Waals surface area (Å²) < 4.78 is 24.4. The summed E-state index contributed by atoms with van der Waals surface area (Å²) in [5.74, 6) is 1.39. The summed E-state index contributed by atoms with van der Waals surface area (Å²) in [5, 5.41) is 3.30. The molecule has 3 nitrogen and oxygen atoms in total. The van der Waals surface area contributed by atoms with Gasteiger partial charge in [0.15, 0.2) is 11.5 Å². The molecule has 0 saturated carbocycles. The van der Waals surface area contributed by atoms with E-state index >= 15 is 0 Å². The Morgan fingerprint density at radius 2 is 1.86 bits per heavy atom. The molecular formula is C17H18FNO2. The van der Waals surface area contributed by atoms with E-state index in [9.17, 15) is 4.39 Å². The van der Waals surface area contributed by atoms with Crippen molar-refractivity contribution in [2.75, 3.05) is 20.3 Å². The maximum Gasteiger partial charge on any atom is 0.166 e. The van der Waals surface area contributed by atoms with E-state index in [1.54, 1.807) is 0 Å². The van der Waals surface area contributed by atoms with Crippen molar-refractivity contribution in [2.45, 2.75) is 12.5 Å². The molecule has 2 aromatic rings. The predicted molar refractivity (Wildman–Crippen MR) is 79.3 cm³/mol. The topological polar surface area (TPSA) is 30.5 Å². The van der Waals surface area contributed by atoms with Gasteiger partial charge in [0, 0.05) is 11.6 Å². The zero-order valence-corrected chi connectivity index (χ0v) is 11.9. The maximum atomic E-state index is 13.0.